The molecule has 3 rings (SSSR count). The van der Waals surface area contributed by atoms with Crippen LogP contribution in [-0.2, 0) is 6.18 Å². The van der Waals surface area contributed by atoms with E-state index in [4.69, 9.17) is 9.47 Å². The number of nitrogens with one attached hydrogen (secondary N) is 1. The molecule has 1 amide bonds. The zero-order valence-corrected chi connectivity index (χ0v) is 19.0. The summed E-state index contributed by atoms with van der Waals surface area (Å²) in [4.78, 5) is 17.3. The molecule has 0 aliphatic rings. The van der Waals surface area contributed by atoms with Crippen molar-refractivity contribution in [3.05, 3.63) is 41.7 Å². The van der Waals surface area contributed by atoms with Crippen LogP contribution in [0.2, 0.25) is 0 Å². The van der Waals surface area contributed by atoms with Crippen LogP contribution in [0.5, 0.6) is 11.5 Å². The number of hydrogen-bond donors (Lipinski definition) is 1. The fourth-order valence-electron chi connectivity index (χ4n) is 3.72. The van der Waals surface area contributed by atoms with E-state index < -0.39 is 17.8 Å². The van der Waals surface area contributed by atoms with Gasteiger partial charge >= 0.3 is 6.18 Å². The second-order valence-electron chi connectivity index (χ2n) is 7.64. The molecule has 0 spiro atoms. The van der Waals surface area contributed by atoms with Gasteiger partial charge in [-0.1, -0.05) is 26.7 Å². The standard InChI is InChI=1S/C23H27F3N4O3/c1-5-7-15(8-6-2)28-22(31)16-13-27-30-20(23(24,25)26)12-17(29-21(16)30)14-9-10-18(32-3)19(11-14)33-4/h9-13,15H,5-8H2,1-4H3,(H,28,31). The first-order chi connectivity index (χ1) is 15.7. The molecule has 0 aliphatic heterocycles. The highest BCUT2D eigenvalue weighted by atomic mass is 19.4. The second kappa shape index (κ2) is 10.1. The lowest BCUT2D eigenvalue weighted by Gasteiger charge is -2.17. The van der Waals surface area contributed by atoms with Crippen LogP contribution in [0.1, 0.15) is 55.6 Å². The van der Waals surface area contributed by atoms with Crippen molar-refractivity contribution in [3.8, 4) is 22.8 Å². The van der Waals surface area contributed by atoms with Gasteiger partial charge in [-0.05, 0) is 37.1 Å². The largest absolute Gasteiger partial charge is 0.493 e. The lowest BCUT2D eigenvalue weighted by Crippen LogP contribution is -2.34. The lowest BCUT2D eigenvalue weighted by molar-refractivity contribution is -0.142. The average molecular weight is 464 g/mol. The third-order valence-corrected chi connectivity index (χ3v) is 5.30. The zero-order chi connectivity index (χ0) is 24.2. The molecule has 33 heavy (non-hydrogen) atoms. The Morgan fingerprint density at radius 1 is 1.09 bits per heavy atom. The Kier molecular flexibility index (Phi) is 7.45. The Morgan fingerprint density at radius 3 is 2.33 bits per heavy atom. The zero-order valence-electron chi connectivity index (χ0n) is 19.0. The van der Waals surface area contributed by atoms with Gasteiger partial charge in [0.05, 0.1) is 26.1 Å². The molecule has 0 saturated carbocycles. The van der Waals surface area contributed by atoms with Crippen molar-refractivity contribution in [1.82, 2.24) is 19.9 Å². The van der Waals surface area contributed by atoms with E-state index in [-0.39, 0.29) is 22.9 Å². The van der Waals surface area contributed by atoms with Gasteiger partial charge in [0.25, 0.3) is 5.91 Å². The summed E-state index contributed by atoms with van der Waals surface area (Å²) in [6.45, 7) is 4.02. The maximum atomic E-state index is 13.9. The molecule has 3 aromatic rings. The Bertz CT molecular complexity index is 1120. The summed E-state index contributed by atoms with van der Waals surface area (Å²) in [5, 5.41) is 6.74. The number of ether oxygens (including phenoxy) is 2. The molecule has 2 aromatic heterocycles. The molecule has 2 heterocycles. The SMILES string of the molecule is CCCC(CCC)NC(=O)c1cnn2c(C(F)(F)F)cc(-c3ccc(OC)c(OC)c3)nc12. The molecule has 178 valence electrons. The molecule has 0 atom stereocenters. The van der Waals surface area contributed by atoms with E-state index in [1.54, 1.807) is 12.1 Å². The van der Waals surface area contributed by atoms with E-state index in [0.717, 1.165) is 37.9 Å². The molecular formula is C23H27F3N4O3. The average Bonchev–Trinajstić information content (AvgIpc) is 3.21. The molecule has 0 saturated heterocycles. The summed E-state index contributed by atoms with van der Waals surface area (Å²) in [7, 11) is 2.90. The van der Waals surface area contributed by atoms with Crippen LogP contribution in [-0.4, -0.2) is 40.8 Å². The highest BCUT2D eigenvalue weighted by Crippen LogP contribution is 2.35. The summed E-state index contributed by atoms with van der Waals surface area (Å²) in [5.41, 5.74) is -0.805. The minimum atomic E-state index is -4.71. The van der Waals surface area contributed by atoms with Gasteiger partial charge < -0.3 is 14.8 Å². The highest BCUT2D eigenvalue weighted by Gasteiger charge is 2.36. The van der Waals surface area contributed by atoms with Crippen LogP contribution >= 0.6 is 0 Å². The Hall–Kier alpha value is -3.30. The number of aromatic nitrogens is 3. The Labute approximate surface area is 189 Å². The van der Waals surface area contributed by atoms with Crippen LogP contribution in [0.15, 0.2) is 30.5 Å². The number of nitrogens with zero attached hydrogens (tertiary/aromatic N) is 3. The van der Waals surface area contributed by atoms with E-state index in [9.17, 15) is 18.0 Å². The smallest absolute Gasteiger partial charge is 0.433 e. The van der Waals surface area contributed by atoms with E-state index in [1.807, 2.05) is 13.8 Å². The quantitative estimate of drug-likeness (QED) is 0.475. The first-order valence-corrected chi connectivity index (χ1v) is 10.7. The molecule has 7 nitrogen and oxygen atoms in total. The Balaban J connectivity index is 2.13. The third kappa shape index (κ3) is 5.20. The fourth-order valence-corrected chi connectivity index (χ4v) is 3.72. The van der Waals surface area contributed by atoms with Gasteiger partial charge in [-0.15, -0.1) is 0 Å². The normalized spacial score (nSPS) is 11.8. The number of carbonyl (C=O) groups is 1. The maximum absolute atomic E-state index is 13.9. The van der Waals surface area contributed by atoms with Crippen LogP contribution in [0, 0.1) is 0 Å². The van der Waals surface area contributed by atoms with Crippen LogP contribution < -0.4 is 14.8 Å². The van der Waals surface area contributed by atoms with Gasteiger partial charge in [0, 0.05) is 11.6 Å². The number of carbonyl (C=O) groups excluding carboxylic acids is 1. The monoisotopic (exact) mass is 464 g/mol. The van der Waals surface area contributed by atoms with Crippen molar-refractivity contribution in [3.63, 3.8) is 0 Å². The maximum Gasteiger partial charge on any atom is 0.433 e. The number of benzene rings is 1. The van der Waals surface area contributed by atoms with Gasteiger partial charge in [0.1, 0.15) is 5.56 Å². The molecule has 0 radical (unpaired) electrons. The molecule has 0 bridgehead atoms. The number of amides is 1. The number of fused-ring (bicyclic) bond motifs is 1. The van der Waals surface area contributed by atoms with Crippen LogP contribution in [0.3, 0.4) is 0 Å². The van der Waals surface area contributed by atoms with Crippen molar-refractivity contribution in [2.75, 3.05) is 14.2 Å². The first kappa shape index (κ1) is 24.3. The molecule has 1 aromatic carbocycles. The fraction of sp³-hybridized carbons (Fsp3) is 0.435. The topological polar surface area (TPSA) is 77.8 Å². The van der Waals surface area contributed by atoms with Gasteiger partial charge in [-0.2, -0.15) is 18.3 Å². The van der Waals surface area contributed by atoms with Crippen molar-refractivity contribution < 1.29 is 27.4 Å². The van der Waals surface area contributed by atoms with Crippen molar-refractivity contribution in [1.29, 1.82) is 0 Å². The predicted molar refractivity (Wildman–Crippen MR) is 118 cm³/mol. The summed E-state index contributed by atoms with van der Waals surface area (Å²) in [6.07, 6.45) is -0.285. The number of halogens is 3. The van der Waals surface area contributed by atoms with Gasteiger partial charge in [0.2, 0.25) is 0 Å². The van der Waals surface area contributed by atoms with E-state index in [2.05, 4.69) is 15.4 Å². The van der Waals surface area contributed by atoms with E-state index >= 15 is 0 Å². The van der Waals surface area contributed by atoms with Crippen molar-refractivity contribution in [2.24, 2.45) is 0 Å². The molecule has 10 heteroatoms. The van der Waals surface area contributed by atoms with Gasteiger partial charge in [-0.25, -0.2) is 9.50 Å². The number of alkyl halides is 3. The van der Waals surface area contributed by atoms with Gasteiger partial charge in [0.15, 0.2) is 22.8 Å². The Morgan fingerprint density at radius 2 is 1.76 bits per heavy atom. The second-order valence-corrected chi connectivity index (χ2v) is 7.64. The molecule has 0 unspecified atom stereocenters. The van der Waals surface area contributed by atoms with Crippen molar-refractivity contribution in [2.45, 2.75) is 51.7 Å². The molecular weight excluding hydrogens is 437 g/mol. The third-order valence-electron chi connectivity index (χ3n) is 5.30. The molecule has 0 fully saturated rings. The molecule has 1 N–H and O–H groups in total. The lowest BCUT2D eigenvalue weighted by atomic mass is 10.1. The summed E-state index contributed by atoms with van der Waals surface area (Å²) in [6, 6.07) is 5.53. The number of hydrogen-bond acceptors (Lipinski definition) is 5. The summed E-state index contributed by atoms with van der Waals surface area (Å²) < 4.78 is 52.7. The minimum absolute atomic E-state index is 0.0139. The number of rotatable bonds is 9. The van der Waals surface area contributed by atoms with Crippen LogP contribution in [0.4, 0.5) is 13.2 Å². The van der Waals surface area contributed by atoms with Crippen molar-refractivity contribution >= 4 is 11.6 Å². The summed E-state index contributed by atoms with van der Waals surface area (Å²) >= 11 is 0. The summed E-state index contributed by atoms with van der Waals surface area (Å²) in [5.74, 6) is 0.279. The first-order valence-electron chi connectivity index (χ1n) is 10.7. The minimum Gasteiger partial charge on any atom is -0.493 e. The number of methoxy groups -OCH3 is 2. The molecule has 0 aliphatic carbocycles. The predicted octanol–water partition coefficient (Wildman–Crippen LogP) is 5.13. The van der Waals surface area contributed by atoms with E-state index in [0.29, 0.717) is 21.6 Å². The highest BCUT2D eigenvalue weighted by molar-refractivity contribution is 6.00. The van der Waals surface area contributed by atoms with Crippen LogP contribution in [0.25, 0.3) is 16.9 Å². The van der Waals surface area contributed by atoms with Gasteiger partial charge in [-0.3, -0.25) is 4.79 Å². The van der Waals surface area contributed by atoms with E-state index in [1.165, 1.54) is 20.3 Å².